The van der Waals surface area contributed by atoms with Gasteiger partial charge in [0, 0.05) is 25.2 Å². The van der Waals surface area contributed by atoms with Crippen LogP contribution in [-0.2, 0) is 4.74 Å². The van der Waals surface area contributed by atoms with E-state index in [1.54, 1.807) is 0 Å². The molecular weight excluding hydrogens is 214 g/mol. The largest absolute Gasteiger partial charge is 0.388 e. The molecule has 17 heavy (non-hydrogen) atoms. The molecule has 1 heterocycles. The Morgan fingerprint density at radius 1 is 0.765 bits per heavy atom. The van der Waals surface area contributed by atoms with Crippen molar-refractivity contribution >= 4 is 0 Å². The fraction of sp³-hybridized carbons (Fsp3) is 1.00. The Morgan fingerprint density at radius 3 is 2.12 bits per heavy atom. The predicted molar refractivity (Wildman–Crippen MR) is 68.9 cm³/mol. The minimum absolute atomic E-state index is 0.374. The highest BCUT2D eigenvalue weighted by Gasteiger charge is 2.46. The van der Waals surface area contributed by atoms with Crippen molar-refractivity contribution in [1.29, 1.82) is 0 Å². The lowest BCUT2D eigenvalue weighted by molar-refractivity contribution is -0.0613. The Balaban J connectivity index is 2.08. The van der Waals surface area contributed by atoms with E-state index in [1.165, 1.54) is 32.1 Å². The summed E-state index contributed by atoms with van der Waals surface area (Å²) in [5.74, 6) is 0. The van der Waals surface area contributed by atoms with Gasteiger partial charge >= 0.3 is 0 Å². The molecule has 0 aromatic carbocycles. The smallest absolute Gasteiger partial charge is 0.0849 e. The summed E-state index contributed by atoms with van der Waals surface area (Å²) in [6, 6.07) is 0. The highest BCUT2D eigenvalue weighted by atomic mass is 16.5. The monoisotopic (exact) mass is 241 g/mol. The van der Waals surface area contributed by atoms with Crippen LogP contribution in [0.4, 0.5) is 0 Å². The number of ether oxygens (including phenoxy) is 1. The van der Waals surface area contributed by atoms with Crippen molar-refractivity contribution in [3.8, 4) is 0 Å². The van der Waals surface area contributed by atoms with Crippen LogP contribution in [0.15, 0.2) is 0 Å². The van der Waals surface area contributed by atoms with Crippen LogP contribution in [0.25, 0.3) is 0 Å². The summed E-state index contributed by atoms with van der Waals surface area (Å²) in [6.07, 6.45) is 10.6. The lowest BCUT2D eigenvalue weighted by Gasteiger charge is -2.45. The highest BCUT2D eigenvalue weighted by molar-refractivity contribution is 5.04. The topological polar surface area (TPSA) is 55.5 Å². The van der Waals surface area contributed by atoms with E-state index in [4.69, 9.17) is 10.5 Å². The molecule has 0 spiro atoms. The highest BCUT2D eigenvalue weighted by Crippen LogP contribution is 2.39. The van der Waals surface area contributed by atoms with Crippen molar-refractivity contribution in [2.75, 3.05) is 13.2 Å². The summed E-state index contributed by atoms with van der Waals surface area (Å²) in [4.78, 5) is 0. The summed E-state index contributed by atoms with van der Waals surface area (Å²) < 4.78 is 5.47. The standard InChI is InChI=1S/C14H27NO2/c15-13(7-4-2-1-3-5-8-13)14(16)9-6-11-17-12-10-14/h16H,1-12,15H2. The summed E-state index contributed by atoms with van der Waals surface area (Å²) in [5, 5.41) is 10.9. The van der Waals surface area contributed by atoms with Gasteiger partial charge in [0.05, 0.1) is 5.60 Å². The van der Waals surface area contributed by atoms with E-state index >= 15 is 0 Å². The third-order valence-electron chi connectivity index (χ3n) is 4.71. The van der Waals surface area contributed by atoms with Gasteiger partial charge in [0.1, 0.15) is 0 Å². The number of nitrogens with two attached hydrogens (primary N) is 1. The first kappa shape index (κ1) is 13.3. The molecule has 2 aliphatic rings. The van der Waals surface area contributed by atoms with Gasteiger partial charge in [-0.3, -0.25) is 0 Å². The molecule has 2 rings (SSSR count). The van der Waals surface area contributed by atoms with Crippen molar-refractivity contribution < 1.29 is 9.84 Å². The van der Waals surface area contributed by atoms with Gasteiger partial charge in [0.2, 0.25) is 0 Å². The van der Waals surface area contributed by atoms with Gasteiger partial charge in [-0.15, -0.1) is 0 Å². The van der Waals surface area contributed by atoms with Crippen molar-refractivity contribution in [2.24, 2.45) is 5.73 Å². The zero-order valence-electron chi connectivity index (χ0n) is 10.9. The van der Waals surface area contributed by atoms with E-state index in [0.29, 0.717) is 13.0 Å². The van der Waals surface area contributed by atoms with E-state index in [1.807, 2.05) is 0 Å². The maximum atomic E-state index is 10.9. The van der Waals surface area contributed by atoms with Gasteiger partial charge in [-0.05, 0) is 25.7 Å². The maximum Gasteiger partial charge on any atom is 0.0849 e. The van der Waals surface area contributed by atoms with E-state index < -0.39 is 5.60 Å². The molecule has 1 unspecified atom stereocenters. The maximum absolute atomic E-state index is 10.9. The number of hydrogen-bond acceptors (Lipinski definition) is 3. The van der Waals surface area contributed by atoms with E-state index in [-0.39, 0.29) is 5.54 Å². The second-order valence-electron chi connectivity index (χ2n) is 5.92. The first-order valence-electron chi connectivity index (χ1n) is 7.25. The first-order valence-corrected chi connectivity index (χ1v) is 7.25. The minimum Gasteiger partial charge on any atom is -0.388 e. The normalized spacial score (nSPS) is 35.6. The number of rotatable bonds is 1. The minimum atomic E-state index is -0.694. The van der Waals surface area contributed by atoms with Crippen LogP contribution in [-0.4, -0.2) is 29.5 Å². The Hall–Kier alpha value is -0.120. The molecule has 1 atom stereocenters. The Morgan fingerprint density at radius 2 is 1.41 bits per heavy atom. The summed E-state index contributed by atoms with van der Waals surface area (Å²) >= 11 is 0. The molecule has 0 bridgehead atoms. The molecule has 3 heteroatoms. The molecule has 1 saturated carbocycles. The molecular formula is C14H27NO2. The van der Waals surface area contributed by atoms with Gasteiger partial charge in [-0.2, -0.15) is 0 Å². The molecule has 1 aliphatic heterocycles. The average molecular weight is 241 g/mol. The molecule has 3 nitrogen and oxygen atoms in total. The molecule has 2 fully saturated rings. The molecule has 100 valence electrons. The van der Waals surface area contributed by atoms with Gasteiger partial charge < -0.3 is 15.6 Å². The average Bonchev–Trinajstić information content (AvgIpc) is 2.50. The van der Waals surface area contributed by atoms with Gasteiger partial charge in [0.25, 0.3) is 0 Å². The van der Waals surface area contributed by atoms with Crippen LogP contribution in [0, 0.1) is 0 Å². The summed E-state index contributed by atoms with van der Waals surface area (Å²) in [7, 11) is 0. The fourth-order valence-electron chi connectivity index (χ4n) is 3.43. The van der Waals surface area contributed by atoms with Crippen molar-refractivity contribution in [2.45, 2.75) is 75.3 Å². The Kier molecular flexibility index (Phi) is 4.45. The van der Waals surface area contributed by atoms with Crippen LogP contribution in [0.1, 0.15) is 64.2 Å². The summed E-state index contributed by atoms with van der Waals surface area (Å²) in [6.45, 7) is 1.44. The lowest BCUT2D eigenvalue weighted by Crippen LogP contribution is -2.61. The fourth-order valence-corrected chi connectivity index (χ4v) is 3.43. The molecule has 3 N–H and O–H groups in total. The van der Waals surface area contributed by atoms with Gasteiger partial charge in [-0.1, -0.05) is 32.1 Å². The lowest BCUT2D eigenvalue weighted by atomic mass is 9.69. The Bertz CT molecular complexity index is 226. The first-order chi connectivity index (χ1) is 8.16. The molecule has 0 amide bonds. The predicted octanol–water partition coefficient (Wildman–Crippen LogP) is 2.36. The van der Waals surface area contributed by atoms with Crippen LogP contribution < -0.4 is 5.73 Å². The molecule has 1 aliphatic carbocycles. The second kappa shape index (κ2) is 5.68. The van der Waals surface area contributed by atoms with Crippen LogP contribution in [0.5, 0.6) is 0 Å². The third-order valence-corrected chi connectivity index (χ3v) is 4.71. The SMILES string of the molecule is NC1(C2(O)CCCOCC2)CCCCCCC1. The zero-order valence-corrected chi connectivity index (χ0v) is 10.9. The van der Waals surface area contributed by atoms with Crippen LogP contribution in [0.3, 0.4) is 0 Å². The molecule has 0 radical (unpaired) electrons. The van der Waals surface area contributed by atoms with Gasteiger partial charge in [0.15, 0.2) is 0 Å². The van der Waals surface area contributed by atoms with Crippen molar-refractivity contribution in [1.82, 2.24) is 0 Å². The molecule has 1 saturated heterocycles. The zero-order chi connectivity index (χ0) is 12.2. The Labute approximate surface area is 105 Å². The van der Waals surface area contributed by atoms with Crippen molar-refractivity contribution in [3.05, 3.63) is 0 Å². The molecule has 0 aromatic rings. The number of aliphatic hydroxyl groups is 1. The van der Waals surface area contributed by atoms with Gasteiger partial charge in [-0.25, -0.2) is 0 Å². The van der Waals surface area contributed by atoms with E-state index in [2.05, 4.69) is 0 Å². The summed E-state index contributed by atoms with van der Waals surface area (Å²) in [5.41, 5.74) is 5.53. The van der Waals surface area contributed by atoms with Crippen LogP contribution in [0.2, 0.25) is 0 Å². The second-order valence-corrected chi connectivity index (χ2v) is 5.92. The van der Waals surface area contributed by atoms with E-state index in [9.17, 15) is 5.11 Å². The van der Waals surface area contributed by atoms with E-state index in [0.717, 1.165) is 32.3 Å². The molecule has 0 aromatic heterocycles. The number of hydrogen-bond donors (Lipinski definition) is 2. The van der Waals surface area contributed by atoms with Crippen LogP contribution >= 0.6 is 0 Å². The quantitative estimate of drug-likeness (QED) is 0.741. The third kappa shape index (κ3) is 3.01. The van der Waals surface area contributed by atoms with Crippen molar-refractivity contribution in [3.63, 3.8) is 0 Å².